The first-order valence-corrected chi connectivity index (χ1v) is 18.1. The van der Waals surface area contributed by atoms with Crippen molar-refractivity contribution in [1.82, 2.24) is 9.55 Å². The van der Waals surface area contributed by atoms with Crippen LogP contribution in [0.4, 0.5) is 0 Å². The zero-order valence-electron chi connectivity index (χ0n) is 30.2. The molecule has 54 heavy (non-hydrogen) atoms. The van der Waals surface area contributed by atoms with Crippen molar-refractivity contribution in [3.8, 4) is 11.8 Å². The average molecular weight is 723 g/mol. The molecule has 0 unspecified atom stereocenters. The van der Waals surface area contributed by atoms with Crippen molar-refractivity contribution in [2.45, 2.75) is 49.8 Å². The number of nitrogens with zero attached hydrogens (tertiary/aromatic N) is 2. The van der Waals surface area contributed by atoms with E-state index >= 15 is 0 Å². The summed E-state index contributed by atoms with van der Waals surface area (Å²) < 4.78 is 41.6. The van der Waals surface area contributed by atoms with E-state index in [2.05, 4.69) is 29.2 Å². The number of aromatic nitrogens is 2. The highest BCUT2D eigenvalue weighted by molar-refractivity contribution is 5.48. The monoisotopic (exact) mass is 722 g/mol. The number of aryl methyl sites for hydroxylation is 1. The van der Waals surface area contributed by atoms with Gasteiger partial charge in [0.2, 0.25) is 5.72 Å². The van der Waals surface area contributed by atoms with Crippen LogP contribution < -0.4 is 15.0 Å². The molecule has 0 spiro atoms. The molecule has 0 amide bonds. The predicted molar refractivity (Wildman–Crippen MR) is 203 cm³/mol. The Bertz CT molecular complexity index is 2160. The fourth-order valence-corrected chi connectivity index (χ4v) is 7.48. The summed E-state index contributed by atoms with van der Waals surface area (Å²) >= 11 is 0. The van der Waals surface area contributed by atoms with E-state index in [1.807, 2.05) is 121 Å². The second-order valence-electron chi connectivity index (χ2n) is 13.6. The van der Waals surface area contributed by atoms with Crippen LogP contribution in [0.25, 0.3) is 0 Å². The lowest BCUT2D eigenvalue weighted by Gasteiger charge is -2.39. The summed E-state index contributed by atoms with van der Waals surface area (Å²) in [7, 11) is 1.65. The molecule has 0 bridgehead atoms. The maximum absolute atomic E-state index is 12.9. The highest BCUT2D eigenvalue weighted by Gasteiger charge is 2.64. The number of benzene rings is 5. The Morgan fingerprint density at radius 2 is 1.30 bits per heavy atom. The minimum atomic E-state index is -1.30. The highest BCUT2D eigenvalue weighted by Crippen LogP contribution is 2.49. The first kappa shape index (κ1) is 35.4. The molecular weight excluding hydrogens is 681 g/mol. The van der Waals surface area contributed by atoms with Crippen LogP contribution in [-0.2, 0) is 43.5 Å². The highest BCUT2D eigenvalue weighted by atomic mass is 16.7. The SMILES string of the molecule is COc1ccc(C(OC[C@@]23O[C@H](COCc4ccccc4)[C@@H](OCc4ccccc4)[C@@H]2Oc2nc(=O)c(C)cn23)(c2ccccc2)c2ccccc2)cc1. The maximum atomic E-state index is 12.9. The van der Waals surface area contributed by atoms with Crippen molar-refractivity contribution in [3.63, 3.8) is 0 Å². The molecule has 3 heterocycles. The topological polar surface area (TPSA) is 90.3 Å². The molecule has 2 aliphatic heterocycles. The van der Waals surface area contributed by atoms with E-state index in [9.17, 15) is 4.79 Å². The van der Waals surface area contributed by atoms with Gasteiger partial charge in [0, 0.05) is 11.8 Å². The lowest BCUT2D eigenvalue weighted by atomic mass is 9.80. The van der Waals surface area contributed by atoms with Gasteiger partial charge in [0.25, 0.3) is 5.56 Å². The van der Waals surface area contributed by atoms with E-state index in [0.717, 1.165) is 33.6 Å². The Morgan fingerprint density at radius 1 is 0.741 bits per heavy atom. The van der Waals surface area contributed by atoms with Crippen molar-refractivity contribution >= 4 is 0 Å². The van der Waals surface area contributed by atoms with Gasteiger partial charge >= 0.3 is 6.01 Å². The molecule has 8 rings (SSSR count). The van der Waals surface area contributed by atoms with Gasteiger partial charge in [-0.25, -0.2) is 0 Å². The van der Waals surface area contributed by atoms with Crippen LogP contribution >= 0.6 is 0 Å². The lowest BCUT2D eigenvalue weighted by Crippen LogP contribution is -2.49. The third kappa shape index (κ3) is 6.71. The van der Waals surface area contributed by atoms with Crippen molar-refractivity contribution < 1.29 is 28.4 Å². The average Bonchev–Trinajstić information content (AvgIpc) is 3.68. The Hall–Kier alpha value is -5.58. The second-order valence-corrected chi connectivity index (χ2v) is 13.6. The van der Waals surface area contributed by atoms with E-state index in [0.29, 0.717) is 18.8 Å². The first-order valence-electron chi connectivity index (χ1n) is 18.1. The van der Waals surface area contributed by atoms with E-state index in [-0.39, 0.29) is 24.8 Å². The van der Waals surface area contributed by atoms with Gasteiger partial charge in [-0.1, -0.05) is 133 Å². The lowest BCUT2D eigenvalue weighted by molar-refractivity contribution is -0.181. The largest absolute Gasteiger partial charge is 0.497 e. The summed E-state index contributed by atoms with van der Waals surface area (Å²) in [6.45, 7) is 2.65. The third-order valence-corrected chi connectivity index (χ3v) is 10.2. The van der Waals surface area contributed by atoms with E-state index < -0.39 is 29.6 Å². The molecule has 1 fully saturated rings. The van der Waals surface area contributed by atoms with Crippen LogP contribution in [0.15, 0.2) is 157 Å². The van der Waals surface area contributed by atoms with Crippen LogP contribution in [-0.4, -0.2) is 48.2 Å². The summed E-state index contributed by atoms with van der Waals surface area (Å²) in [6, 6.07) is 48.3. The Balaban J connectivity index is 1.23. The van der Waals surface area contributed by atoms with Gasteiger partial charge in [-0.3, -0.25) is 9.36 Å². The predicted octanol–water partition coefficient (Wildman–Crippen LogP) is 7.18. The van der Waals surface area contributed by atoms with Crippen LogP contribution in [0.1, 0.15) is 33.4 Å². The molecule has 0 aliphatic carbocycles. The fraction of sp³-hybridized carbons (Fsp3) is 0.244. The van der Waals surface area contributed by atoms with Gasteiger partial charge in [-0.05, 0) is 46.9 Å². The molecule has 9 heteroatoms. The first-order chi connectivity index (χ1) is 26.5. The molecule has 5 aromatic carbocycles. The number of fused-ring (bicyclic) bond motifs is 3. The number of hydrogen-bond donors (Lipinski definition) is 0. The molecular formula is C45H42N2O7. The Kier molecular flexibility index (Phi) is 10.1. The number of rotatable bonds is 14. The standard InChI is InChI=1S/C45H42N2O7/c1-32-27-47-43(46-42(32)48)53-41-40(51-29-34-17-9-4-10-18-34)39(30-50-28-33-15-7-3-8-16-33)54-44(41,47)31-52-45(35-19-11-5-12-20-35,36-21-13-6-14-22-36)37-23-25-38(49-2)26-24-37/h3-27,39-41H,28-31H2,1-2H3/t39-,40-,41+,44-/m1/s1. The smallest absolute Gasteiger partial charge is 0.302 e. The Labute approximate surface area is 314 Å². The maximum Gasteiger partial charge on any atom is 0.302 e. The minimum absolute atomic E-state index is 0.00907. The van der Waals surface area contributed by atoms with Crippen LogP contribution in [0, 0.1) is 6.92 Å². The molecule has 1 saturated heterocycles. The summed E-state index contributed by atoms with van der Waals surface area (Å²) in [5, 5.41) is 0. The van der Waals surface area contributed by atoms with Crippen molar-refractivity contribution in [1.29, 1.82) is 0 Å². The minimum Gasteiger partial charge on any atom is -0.497 e. The van der Waals surface area contributed by atoms with Gasteiger partial charge in [-0.2, -0.15) is 4.98 Å². The summed E-state index contributed by atoms with van der Waals surface area (Å²) in [5.41, 5.74) is 2.44. The number of hydrogen-bond acceptors (Lipinski definition) is 8. The molecule has 2 aliphatic rings. The van der Waals surface area contributed by atoms with Gasteiger partial charge in [-0.15, -0.1) is 0 Å². The number of methoxy groups -OCH3 is 1. The Morgan fingerprint density at radius 3 is 1.89 bits per heavy atom. The van der Waals surface area contributed by atoms with Crippen molar-refractivity contribution in [3.05, 3.63) is 196 Å². The summed E-state index contributed by atoms with van der Waals surface area (Å²) in [5.74, 6) is 0.729. The van der Waals surface area contributed by atoms with Crippen LogP contribution in [0.5, 0.6) is 11.8 Å². The van der Waals surface area contributed by atoms with Gasteiger partial charge in [0.1, 0.15) is 30.2 Å². The van der Waals surface area contributed by atoms with E-state index in [1.54, 1.807) is 24.8 Å². The molecule has 0 saturated carbocycles. The normalized spacial score (nSPS) is 20.2. The fourth-order valence-electron chi connectivity index (χ4n) is 7.48. The van der Waals surface area contributed by atoms with Gasteiger partial charge < -0.3 is 28.4 Å². The van der Waals surface area contributed by atoms with Crippen LogP contribution in [0.2, 0.25) is 0 Å². The van der Waals surface area contributed by atoms with Crippen LogP contribution in [0.3, 0.4) is 0 Å². The molecule has 1 aromatic heterocycles. The molecule has 274 valence electrons. The van der Waals surface area contributed by atoms with E-state index in [4.69, 9.17) is 28.4 Å². The number of ether oxygens (including phenoxy) is 6. The van der Waals surface area contributed by atoms with Gasteiger partial charge in [0.05, 0.1) is 26.9 Å². The summed E-state index contributed by atoms with van der Waals surface area (Å²) in [4.78, 5) is 17.3. The molecule has 6 aromatic rings. The second kappa shape index (κ2) is 15.4. The molecule has 0 radical (unpaired) electrons. The van der Waals surface area contributed by atoms with Gasteiger partial charge in [0.15, 0.2) is 6.10 Å². The van der Waals surface area contributed by atoms with Crippen molar-refractivity contribution in [2.75, 3.05) is 20.3 Å². The summed E-state index contributed by atoms with van der Waals surface area (Å²) in [6.07, 6.45) is -0.191. The quantitative estimate of drug-likeness (QED) is 0.109. The zero-order chi connectivity index (χ0) is 37.0. The van der Waals surface area contributed by atoms with Crippen molar-refractivity contribution in [2.24, 2.45) is 0 Å². The van der Waals surface area contributed by atoms with E-state index in [1.165, 1.54) is 0 Å². The molecule has 4 atom stereocenters. The third-order valence-electron chi connectivity index (χ3n) is 10.2. The molecule has 0 N–H and O–H groups in total. The molecule has 9 nitrogen and oxygen atoms in total. The zero-order valence-corrected chi connectivity index (χ0v) is 30.2.